The van der Waals surface area contributed by atoms with Gasteiger partial charge in [0.1, 0.15) is 11.6 Å². The summed E-state index contributed by atoms with van der Waals surface area (Å²) >= 11 is 0. The lowest BCUT2D eigenvalue weighted by atomic mass is 10.3. The number of halogens is 2. The van der Waals surface area contributed by atoms with Crippen molar-refractivity contribution in [3.05, 3.63) is 60.2 Å². The van der Waals surface area contributed by atoms with Crippen molar-refractivity contribution in [1.29, 1.82) is 0 Å². The molecule has 3 rings (SSSR count). The van der Waals surface area contributed by atoms with Gasteiger partial charge in [-0.3, -0.25) is 4.79 Å². The highest BCUT2D eigenvalue weighted by molar-refractivity contribution is 7.89. The number of rotatable bonds is 5. The Morgan fingerprint density at radius 1 is 1.04 bits per heavy atom. The van der Waals surface area contributed by atoms with Gasteiger partial charge < -0.3 is 10.2 Å². The second kappa shape index (κ2) is 8.12. The minimum absolute atomic E-state index is 0.0460. The zero-order valence-electron chi connectivity index (χ0n) is 14.5. The Labute approximate surface area is 156 Å². The largest absolute Gasteiger partial charge is 0.325 e. The molecule has 2 N–H and O–H groups in total. The maximum atomic E-state index is 13.6. The Kier molecular flexibility index (Phi) is 5.83. The summed E-state index contributed by atoms with van der Waals surface area (Å²) in [5.74, 6) is -1.33. The van der Waals surface area contributed by atoms with Crippen LogP contribution in [0.25, 0.3) is 0 Å². The molecular formula is C18H20F2N3O3S+. The fourth-order valence-electron chi connectivity index (χ4n) is 2.96. The highest BCUT2D eigenvalue weighted by Crippen LogP contribution is 2.16. The third kappa shape index (κ3) is 4.68. The van der Waals surface area contributed by atoms with Crippen LogP contribution in [-0.2, 0) is 14.8 Å². The normalized spacial score (nSPS) is 16.2. The van der Waals surface area contributed by atoms with Crippen LogP contribution in [0.4, 0.5) is 14.5 Å². The molecular weight excluding hydrogens is 376 g/mol. The molecule has 2 aromatic rings. The minimum Gasteiger partial charge on any atom is -0.325 e. The molecule has 6 nitrogen and oxygen atoms in total. The van der Waals surface area contributed by atoms with E-state index >= 15 is 0 Å². The van der Waals surface area contributed by atoms with E-state index in [9.17, 15) is 22.0 Å². The minimum atomic E-state index is -3.68. The summed E-state index contributed by atoms with van der Waals surface area (Å²) in [6, 6.07) is 10.6. The number of piperazine rings is 1. The molecule has 9 heteroatoms. The summed E-state index contributed by atoms with van der Waals surface area (Å²) in [7, 11) is -3.68. The van der Waals surface area contributed by atoms with Gasteiger partial charge in [-0.1, -0.05) is 12.1 Å². The van der Waals surface area contributed by atoms with E-state index < -0.39 is 21.7 Å². The predicted octanol–water partition coefficient (Wildman–Crippen LogP) is 0.493. The Bertz CT molecular complexity index is 912. The van der Waals surface area contributed by atoms with E-state index in [0.29, 0.717) is 13.1 Å². The number of nitrogens with zero attached hydrogens (tertiary/aromatic N) is 1. The molecule has 27 heavy (non-hydrogen) atoms. The van der Waals surface area contributed by atoms with E-state index in [0.717, 1.165) is 17.0 Å². The van der Waals surface area contributed by atoms with Crippen LogP contribution >= 0.6 is 0 Å². The highest BCUT2D eigenvalue weighted by atomic mass is 32.2. The Hall–Kier alpha value is -2.36. The van der Waals surface area contributed by atoms with Crippen molar-refractivity contribution in [2.24, 2.45) is 0 Å². The number of sulfonamides is 1. The van der Waals surface area contributed by atoms with Crippen LogP contribution in [0, 0.1) is 11.6 Å². The summed E-state index contributed by atoms with van der Waals surface area (Å²) in [6.07, 6.45) is 0. The zero-order valence-corrected chi connectivity index (χ0v) is 15.3. The van der Waals surface area contributed by atoms with Crippen LogP contribution < -0.4 is 10.2 Å². The van der Waals surface area contributed by atoms with Gasteiger partial charge in [-0.25, -0.2) is 17.2 Å². The summed E-state index contributed by atoms with van der Waals surface area (Å²) in [6.45, 7) is 1.53. The number of carbonyl (C=O) groups excluding carboxylic acids is 1. The molecule has 2 aromatic carbocycles. The van der Waals surface area contributed by atoms with E-state index in [1.165, 1.54) is 34.6 Å². The van der Waals surface area contributed by atoms with E-state index in [-0.39, 0.29) is 36.1 Å². The molecule has 1 aliphatic heterocycles. The lowest BCUT2D eigenvalue weighted by Gasteiger charge is -2.31. The Morgan fingerprint density at radius 3 is 2.30 bits per heavy atom. The van der Waals surface area contributed by atoms with Crippen molar-refractivity contribution >= 4 is 21.6 Å². The van der Waals surface area contributed by atoms with Crippen molar-refractivity contribution in [3.8, 4) is 0 Å². The van der Waals surface area contributed by atoms with Crippen molar-refractivity contribution in [2.75, 3.05) is 38.0 Å². The molecule has 144 valence electrons. The van der Waals surface area contributed by atoms with Crippen molar-refractivity contribution in [3.63, 3.8) is 0 Å². The van der Waals surface area contributed by atoms with Crippen molar-refractivity contribution in [2.45, 2.75) is 4.90 Å². The molecule has 0 aromatic heterocycles. The third-order valence-electron chi connectivity index (χ3n) is 4.44. The number of carbonyl (C=O) groups is 1. The molecule has 0 spiro atoms. The van der Waals surface area contributed by atoms with Crippen LogP contribution in [0.2, 0.25) is 0 Å². The number of para-hydroxylation sites is 1. The van der Waals surface area contributed by atoms with Gasteiger partial charge in [0.05, 0.1) is 36.8 Å². The first-order valence-electron chi connectivity index (χ1n) is 8.50. The maximum absolute atomic E-state index is 13.6. The van der Waals surface area contributed by atoms with Gasteiger partial charge in [-0.2, -0.15) is 4.31 Å². The second-order valence-electron chi connectivity index (χ2n) is 6.31. The van der Waals surface area contributed by atoms with E-state index in [4.69, 9.17) is 0 Å². The smallest absolute Gasteiger partial charge is 0.279 e. The summed E-state index contributed by atoms with van der Waals surface area (Å²) in [5.41, 5.74) is 0.124. The molecule has 0 unspecified atom stereocenters. The van der Waals surface area contributed by atoms with Gasteiger partial charge in [0, 0.05) is 0 Å². The average molecular weight is 396 g/mol. The first kappa shape index (κ1) is 19.4. The fourth-order valence-corrected chi connectivity index (χ4v) is 4.40. The number of benzene rings is 2. The van der Waals surface area contributed by atoms with Gasteiger partial charge in [-0.15, -0.1) is 0 Å². The number of hydrogen-bond acceptors (Lipinski definition) is 3. The summed E-state index contributed by atoms with van der Waals surface area (Å²) in [4.78, 5) is 13.1. The monoisotopic (exact) mass is 396 g/mol. The standard InChI is InChI=1S/C18H19F2N3O3S/c19-14-5-7-15(8-6-14)27(25,26)23-11-9-22(10-12-23)13-18(24)21-17-4-2-1-3-16(17)20/h1-8H,9-13H2,(H,21,24)/p+1. The number of hydrogen-bond donors (Lipinski definition) is 2. The van der Waals surface area contributed by atoms with Gasteiger partial charge >= 0.3 is 0 Å². The average Bonchev–Trinajstić information content (AvgIpc) is 2.64. The Morgan fingerprint density at radius 2 is 1.67 bits per heavy atom. The molecule has 1 amide bonds. The summed E-state index contributed by atoms with van der Waals surface area (Å²) < 4.78 is 53.1. The van der Waals surface area contributed by atoms with E-state index in [1.807, 2.05) is 0 Å². The van der Waals surface area contributed by atoms with Gasteiger partial charge in [-0.05, 0) is 36.4 Å². The summed E-state index contributed by atoms with van der Waals surface area (Å²) in [5, 5.41) is 2.53. The fraction of sp³-hybridized carbons (Fsp3) is 0.278. The lowest BCUT2D eigenvalue weighted by molar-refractivity contribution is -0.895. The van der Waals surface area contributed by atoms with E-state index in [1.54, 1.807) is 6.07 Å². The van der Waals surface area contributed by atoms with E-state index in [2.05, 4.69) is 5.32 Å². The number of anilines is 1. The van der Waals surface area contributed by atoms with Crippen LogP contribution in [0.1, 0.15) is 0 Å². The topological polar surface area (TPSA) is 70.9 Å². The van der Waals surface area contributed by atoms with Crippen LogP contribution in [0.5, 0.6) is 0 Å². The SMILES string of the molecule is O=C(C[NH+]1CCN(S(=O)(=O)c2ccc(F)cc2)CC1)Nc1ccccc1F. The molecule has 1 saturated heterocycles. The highest BCUT2D eigenvalue weighted by Gasteiger charge is 2.31. The predicted molar refractivity (Wildman–Crippen MR) is 95.8 cm³/mol. The van der Waals surface area contributed by atoms with Gasteiger partial charge in [0.25, 0.3) is 5.91 Å². The van der Waals surface area contributed by atoms with Gasteiger partial charge in [0.15, 0.2) is 6.54 Å². The Balaban J connectivity index is 1.55. The molecule has 1 heterocycles. The molecule has 1 aliphatic rings. The number of quaternary nitrogens is 1. The molecule has 0 bridgehead atoms. The first-order chi connectivity index (χ1) is 12.9. The van der Waals surface area contributed by atoms with Gasteiger partial charge in [0.2, 0.25) is 10.0 Å². The molecule has 0 saturated carbocycles. The van der Waals surface area contributed by atoms with Crippen molar-refractivity contribution in [1.82, 2.24) is 4.31 Å². The lowest BCUT2D eigenvalue weighted by Crippen LogP contribution is -3.15. The van der Waals surface area contributed by atoms with Crippen LogP contribution in [0.3, 0.4) is 0 Å². The van der Waals surface area contributed by atoms with Crippen molar-refractivity contribution < 1.29 is 26.9 Å². The number of nitrogens with one attached hydrogen (secondary N) is 2. The number of amides is 1. The maximum Gasteiger partial charge on any atom is 0.279 e. The second-order valence-corrected chi connectivity index (χ2v) is 8.25. The molecule has 0 atom stereocenters. The quantitative estimate of drug-likeness (QED) is 0.773. The molecule has 0 aliphatic carbocycles. The van der Waals surface area contributed by atoms with Crippen LogP contribution in [-0.4, -0.2) is 51.4 Å². The zero-order chi connectivity index (χ0) is 19.4. The molecule has 0 radical (unpaired) electrons. The van der Waals surface area contributed by atoms with Crippen LogP contribution in [0.15, 0.2) is 53.4 Å². The third-order valence-corrected chi connectivity index (χ3v) is 6.35. The molecule has 1 fully saturated rings. The first-order valence-corrected chi connectivity index (χ1v) is 9.94.